The van der Waals surface area contributed by atoms with Gasteiger partial charge in [-0.2, -0.15) is 18.3 Å². The lowest BCUT2D eigenvalue weighted by Gasteiger charge is -2.10. The van der Waals surface area contributed by atoms with E-state index in [1.54, 1.807) is 0 Å². The largest absolute Gasteiger partial charge is 0.476 e. The predicted molar refractivity (Wildman–Crippen MR) is 77.0 cm³/mol. The Morgan fingerprint density at radius 1 is 1.20 bits per heavy atom. The van der Waals surface area contributed by atoms with Crippen LogP contribution in [0.15, 0.2) is 36.4 Å². The molecule has 0 atom stereocenters. The number of fused-ring (bicyclic) bond motifs is 1. The number of benzene rings is 1. The van der Waals surface area contributed by atoms with Crippen LogP contribution < -0.4 is 0 Å². The summed E-state index contributed by atoms with van der Waals surface area (Å²) in [6.45, 7) is 0. The average molecular weight is 352 g/mol. The zero-order valence-electron chi connectivity index (χ0n) is 12.1. The van der Waals surface area contributed by atoms with Crippen LogP contribution in [0.1, 0.15) is 16.2 Å². The Morgan fingerprint density at radius 3 is 2.36 bits per heavy atom. The molecule has 0 unspecified atom stereocenters. The van der Waals surface area contributed by atoms with Crippen LogP contribution in [-0.4, -0.2) is 30.6 Å². The third-order valence-corrected chi connectivity index (χ3v) is 3.31. The first-order chi connectivity index (χ1) is 11.7. The van der Waals surface area contributed by atoms with Gasteiger partial charge in [-0.05, 0) is 18.2 Å². The molecule has 2 aromatic heterocycles. The Kier molecular flexibility index (Phi) is 3.63. The van der Waals surface area contributed by atoms with Gasteiger partial charge in [0.1, 0.15) is 0 Å². The van der Waals surface area contributed by atoms with Gasteiger partial charge in [-0.1, -0.05) is 0 Å². The fraction of sp³-hybridized carbons (Fsp3) is 0.0714. The molecule has 1 N–H and O–H groups in total. The Morgan fingerprint density at radius 2 is 1.84 bits per heavy atom. The van der Waals surface area contributed by atoms with Crippen molar-refractivity contribution in [1.29, 1.82) is 0 Å². The van der Waals surface area contributed by atoms with Crippen molar-refractivity contribution in [3.63, 3.8) is 0 Å². The highest BCUT2D eigenvalue weighted by Gasteiger charge is 2.35. The van der Waals surface area contributed by atoms with E-state index in [9.17, 15) is 28.1 Å². The first-order valence-corrected chi connectivity index (χ1v) is 6.63. The first-order valence-electron chi connectivity index (χ1n) is 6.63. The van der Waals surface area contributed by atoms with E-state index < -0.39 is 28.5 Å². The molecule has 0 saturated heterocycles. The number of non-ortho nitro benzene ring substituents is 1. The van der Waals surface area contributed by atoms with Crippen molar-refractivity contribution in [2.45, 2.75) is 6.18 Å². The van der Waals surface area contributed by atoms with Crippen LogP contribution in [0.3, 0.4) is 0 Å². The van der Waals surface area contributed by atoms with Crippen molar-refractivity contribution in [3.8, 4) is 11.3 Å². The van der Waals surface area contributed by atoms with Crippen molar-refractivity contribution in [3.05, 3.63) is 57.9 Å². The molecular formula is C14H7F3N4O4. The van der Waals surface area contributed by atoms with E-state index in [-0.39, 0.29) is 22.6 Å². The quantitative estimate of drug-likeness (QED) is 0.573. The summed E-state index contributed by atoms with van der Waals surface area (Å²) in [6, 6.07) is 6.39. The highest BCUT2D eigenvalue weighted by atomic mass is 19.4. The van der Waals surface area contributed by atoms with E-state index in [2.05, 4.69) is 10.1 Å². The molecule has 2 heterocycles. The summed E-state index contributed by atoms with van der Waals surface area (Å²) in [5.41, 5.74) is -2.24. The van der Waals surface area contributed by atoms with Crippen LogP contribution in [0, 0.1) is 10.1 Å². The summed E-state index contributed by atoms with van der Waals surface area (Å²) in [7, 11) is 0. The second-order valence-electron chi connectivity index (χ2n) is 4.93. The molecule has 8 nitrogen and oxygen atoms in total. The maximum Gasteiger partial charge on any atom is 0.433 e. The zero-order valence-corrected chi connectivity index (χ0v) is 12.1. The van der Waals surface area contributed by atoms with Crippen LogP contribution in [0.4, 0.5) is 18.9 Å². The summed E-state index contributed by atoms with van der Waals surface area (Å²) in [6.07, 6.45) is -4.81. The molecule has 0 aliphatic rings. The van der Waals surface area contributed by atoms with E-state index in [4.69, 9.17) is 5.11 Å². The lowest BCUT2D eigenvalue weighted by atomic mass is 10.1. The minimum Gasteiger partial charge on any atom is -0.476 e. The number of hydrogen-bond donors (Lipinski definition) is 1. The molecule has 0 spiro atoms. The second-order valence-corrected chi connectivity index (χ2v) is 4.93. The van der Waals surface area contributed by atoms with Crippen LogP contribution in [-0.2, 0) is 6.18 Å². The minimum absolute atomic E-state index is 0.119. The summed E-state index contributed by atoms with van der Waals surface area (Å²) in [5.74, 6) is -1.49. The standard InChI is InChI=1S/C14H7F3N4O4/c15-14(16,17)11-5-9(7-1-3-8(4-2-7)21(24)25)18-12-6-10(13(22)23)19-20(11)12/h1-6H,(H,22,23). The van der Waals surface area contributed by atoms with Gasteiger partial charge in [-0.15, -0.1) is 0 Å². The highest BCUT2D eigenvalue weighted by Crippen LogP contribution is 2.32. The molecule has 11 heteroatoms. The van der Waals surface area contributed by atoms with Gasteiger partial charge < -0.3 is 5.11 Å². The van der Waals surface area contributed by atoms with Crippen LogP contribution >= 0.6 is 0 Å². The first kappa shape index (κ1) is 16.4. The summed E-state index contributed by atoms with van der Waals surface area (Å²) in [5, 5.41) is 22.9. The Balaban J connectivity index is 2.22. The lowest BCUT2D eigenvalue weighted by Crippen LogP contribution is -2.14. The number of rotatable bonds is 3. The summed E-state index contributed by atoms with van der Waals surface area (Å²) < 4.78 is 40.2. The Bertz CT molecular complexity index is 996. The predicted octanol–water partition coefficient (Wildman–Crippen LogP) is 3.02. The summed E-state index contributed by atoms with van der Waals surface area (Å²) in [4.78, 5) is 24.9. The van der Waals surface area contributed by atoms with Gasteiger partial charge in [0.2, 0.25) is 0 Å². The molecular weight excluding hydrogens is 345 g/mol. The maximum absolute atomic E-state index is 13.3. The van der Waals surface area contributed by atoms with E-state index in [1.165, 1.54) is 12.1 Å². The number of hydrogen-bond acceptors (Lipinski definition) is 5. The zero-order chi connectivity index (χ0) is 18.4. The molecule has 128 valence electrons. The number of nitro groups is 1. The van der Waals surface area contributed by atoms with Crippen molar-refractivity contribution < 1.29 is 28.0 Å². The highest BCUT2D eigenvalue weighted by molar-refractivity contribution is 5.86. The van der Waals surface area contributed by atoms with Gasteiger partial charge in [0.05, 0.1) is 10.6 Å². The molecule has 0 bridgehead atoms. The Hall–Kier alpha value is -3.50. The van der Waals surface area contributed by atoms with Gasteiger partial charge >= 0.3 is 12.1 Å². The third kappa shape index (κ3) is 2.98. The molecule has 3 aromatic rings. The van der Waals surface area contributed by atoms with Crippen molar-refractivity contribution in [2.75, 3.05) is 0 Å². The lowest BCUT2D eigenvalue weighted by molar-refractivity contribution is -0.384. The molecule has 0 saturated carbocycles. The normalized spacial score (nSPS) is 11.6. The SMILES string of the molecule is O=C(O)c1cc2nc(-c3ccc([N+](=O)[O-])cc3)cc(C(F)(F)F)n2n1. The number of alkyl halides is 3. The Labute approximate surface area is 136 Å². The van der Waals surface area contributed by atoms with Gasteiger partial charge in [0, 0.05) is 23.8 Å². The number of carbonyl (C=O) groups is 1. The van der Waals surface area contributed by atoms with Gasteiger partial charge in [-0.25, -0.2) is 14.3 Å². The average Bonchev–Trinajstić information content (AvgIpc) is 2.97. The van der Waals surface area contributed by atoms with Gasteiger partial charge in [0.15, 0.2) is 17.0 Å². The smallest absolute Gasteiger partial charge is 0.433 e. The number of nitro benzene ring substituents is 1. The maximum atomic E-state index is 13.3. The molecule has 3 rings (SSSR count). The molecule has 0 amide bonds. The molecule has 0 aliphatic heterocycles. The fourth-order valence-electron chi connectivity index (χ4n) is 2.18. The van der Waals surface area contributed by atoms with Gasteiger partial charge in [0.25, 0.3) is 5.69 Å². The minimum atomic E-state index is -4.81. The van der Waals surface area contributed by atoms with Gasteiger partial charge in [-0.3, -0.25) is 10.1 Å². The number of aromatic nitrogens is 3. The number of carboxylic acid groups (broad SMARTS) is 1. The van der Waals surface area contributed by atoms with E-state index in [0.29, 0.717) is 10.6 Å². The number of carboxylic acids is 1. The van der Waals surface area contributed by atoms with Crippen molar-refractivity contribution >= 4 is 17.3 Å². The van der Waals surface area contributed by atoms with E-state index >= 15 is 0 Å². The van der Waals surface area contributed by atoms with Crippen LogP contribution in [0.5, 0.6) is 0 Å². The van der Waals surface area contributed by atoms with Crippen LogP contribution in [0.25, 0.3) is 16.9 Å². The summed E-state index contributed by atoms with van der Waals surface area (Å²) >= 11 is 0. The molecule has 0 radical (unpaired) electrons. The number of nitrogens with zero attached hydrogens (tertiary/aromatic N) is 4. The third-order valence-electron chi connectivity index (χ3n) is 3.31. The van der Waals surface area contributed by atoms with E-state index in [1.807, 2.05) is 0 Å². The molecule has 0 fully saturated rings. The van der Waals surface area contributed by atoms with Crippen molar-refractivity contribution in [2.24, 2.45) is 0 Å². The molecule has 25 heavy (non-hydrogen) atoms. The molecule has 1 aromatic carbocycles. The molecule has 0 aliphatic carbocycles. The monoisotopic (exact) mass is 352 g/mol. The van der Waals surface area contributed by atoms with Crippen LogP contribution in [0.2, 0.25) is 0 Å². The van der Waals surface area contributed by atoms with E-state index in [0.717, 1.165) is 18.2 Å². The second kappa shape index (κ2) is 5.54. The fourth-order valence-corrected chi connectivity index (χ4v) is 2.18. The van der Waals surface area contributed by atoms with Crippen molar-refractivity contribution in [1.82, 2.24) is 14.6 Å². The number of halogens is 3. The number of aromatic carboxylic acids is 1. The topological polar surface area (TPSA) is 111 Å².